The first-order valence-corrected chi connectivity index (χ1v) is 16.3. The minimum absolute atomic E-state index is 0.0169. The lowest BCUT2D eigenvalue weighted by Crippen LogP contribution is -2.00. The Morgan fingerprint density at radius 3 is 1.94 bits per heavy atom. The quantitative estimate of drug-likeness (QED) is 0.187. The van der Waals surface area contributed by atoms with Crippen molar-refractivity contribution in [2.75, 3.05) is 0 Å². The predicted molar refractivity (Wildman–Crippen MR) is 203 cm³/mol. The van der Waals surface area contributed by atoms with E-state index in [2.05, 4.69) is 88.4 Å². The average Bonchev–Trinajstić information content (AvgIpc) is 3.78. The summed E-state index contributed by atoms with van der Waals surface area (Å²) in [4.78, 5) is 14.1. The van der Waals surface area contributed by atoms with Crippen LogP contribution in [0, 0.1) is 0 Å². The van der Waals surface area contributed by atoms with Crippen molar-refractivity contribution in [3.05, 3.63) is 170 Å². The molecule has 234 valence electrons. The van der Waals surface area contributed by atoms with Crippen molar-refractivity contribution in [2.45, 2.75) is 0 Å². The lowest BCUT2D eigenvalue weighted by molar-refractivity contribution is 0.669. The van der Waals surface area contributed by atoms with Crippen molar-refractivity contribution in [1.82, 2.24) is 19.5 Å². The zero-order chi connectivity index (χ0) is 37.4. The molecule has 10 aromatic rings. The number of furan rings is 1. The van der Waals surface area contributed by atoms with Crippen molar-refractivity contribution in [2.24, 2.45) is 0 Å². The first-order chi connectivity index (χ1) is 26.9. The van der Waals surface area contributed by atoms with Gasteiger partial charge in [0.05, 0.1) is 17.9 Å². The molecule has 0 radical (unpaired) electrons. The topological polar surface area (TPSA) is 56.7 Å². The minimum Gasteiger partial charge on any atom is -0.456 e. The van der Waals surface area contributed by atoms with Gasteiger partial charge in [-0.05, 0) is 53.6 Å². The van der Waals surface area contributed by atoms with E-state index < -0.39 is 18.1 Å². The number of hydrogen-bond donors (Lipinski definition) is 0. The van der Waals surface area contributed by atoms with Crippen LogP contribution in [0.15, 0.2) is 174 Å². The average molecular weight is 646 g/mol. The molecule has 0 saturated heterocycles. The second-order valence-electron chi connectivity index (χ2n) is 12.1. The summed E-state index contributed by atoms with van der Waals surface area (Å²) >= 11 is 0. The van der Waals surface area contributed by atoms with Crippen LogP contribution in [0.1, 0.15) is 6.85 Å². The van der Waals surface area contributed by atoms with Crippen molar-refractivity contribution < 1.29 is 11.3 Å². The highest BCUT2D eigenvalue weighted by Gasteiger charge is 2.18. The van der Waals surface area contributed by atoms with Gasteiger partial charge in [0.15, 0.2) is 17.5 Å². The molecule has 10 rings (SSSR count). The monoisotopic (exact) mass is 645 g/mol. The van der Waals surface area contributed by atoms with Crippen LogP contribution in [-0.4, -0.2) is 19.5 Å². The molecule has 0 spiro atoms. The van der Waals surface area contributed by atoms with E-state index >= 15 is 0 Å². The van der Waals surface area contributed by atoms with E-state index in [0.29, 0.717) is 22.5 Å². The molecule has 0 bridgehead atoms. The maximum absolute atomic E-state index is 8.61. The Kier molecular flexibility index (Phi) is 5.35. The van der Waals surface area contributed by atoms with E-state index in [9.17, 15) is 0 Å². The zero-order valence-electron chi connectivity index (χ0n) is 31.5. The molecule has 5 heteroatoms. The molecule has 0 aliphatic rings. The number of hydrogen-bond acceptors (Lipinski definition) is 4. The molecule has 0 aliphatic heterocycles. The van der Waals surface area contributed by atoms with Gasteiger partial charge in [0, 0.05) is 43.9 Å². The molecule has 3 aromatic heterocycles. The van der Waals surface area contributed by atoms with Crippen LogP contribution >= 0.6 is 0 Å². The molecular formula is C45H28N4O. The molecule has 0 aliphatic carbocycles. The van der Waals surface area contributed by atoms with Crippen LogP contribution < -0.4 is 0 Å². The fourth-order valence-corrected chi connectivity index (χ4v) is 6.89. The first-order valence-electron chi connectivity index (χ1n) is 18.8. The summed E-state index contributed by atoms with van der Waals surface area (Å²) in [6.45, 7) is 0. The smallest absolute Gasteiger partial charge is 0.164 e. The van der Waals surface area contributed by atoms with Gasteiger partial charge in [-0.3, -0.25) is 0 Å². The minimum atomic E-state index is -0.482. The van der Waals surface area contributed by atoms with Gasteiger partial charge in [0.2, 0.25) is 0 Å². The van der Waals surface area contributed by atoms with E-state index in [1.165, 1.54) is 16.3 Å². The van der Waals surface area contributed by atoms with Gasteiger partial charge < -0.3 is 8.98 Å². The summed E-state index contributed by atoms with van der Waals surface area (Å²) in [6.07, 6.45) is 0. The van der Waals surface area contributed by atoms with Gasteiger partial charge >= 0.3 is 0 Å². The number of nitrogens with zero attached hydrogens (tertiary/aromatic N) is 4. The van der Waals surface area contributed by atoms with Crippen LogP contribution in [0.2, 0.25) is 0 Å². The van der Waals surface area contributed by atoms with E-state index in [4.69, 9.17) is 21.2 Å². The molecule has 0 fully saturated rings. The standard InChI is InChI=1S/C45H28N4O/c1-4-13-29(14-5-1)34-20-12-22-39-42(34)36-19-10-11-21-38(36)49(39)33-24-26-40-37(28-33)35-25-23-32(27-41(35)50-40)45-47-43(30-15-6-2-7-16-30)46-44(48-45)31-17-8-3-9-18-31/h1-28H/i2D,6D,7D,15D,16D. The second kappa shape index (κ2) is 11.4. The van der Waals surface area contributed by atoms with E-state index in [-0.39, 0.29) is 29.3 Å². The van der Waals surface area contributed by atoms with Gasteiger partial charge in [-0.15, -0.1) is 0 Å². The second-order valence-corrected chi connectivity index (χ2v) is 12.1. The number of fused-ring (bicyclic) bond motifs is 6. The molecule has 7 aromatic carbocycles. The van der Waals surface area contributed by atoms with Crippen LogP contribution in [0.25, 0.3) is 94.7 Å². The molecule has 5 nitrogen and oxygen atoms in total. The zero-order valence-corrected chi connectivity index (χ0v) is 26.5. The molecule has 0 amide bonds. The third-order valence-corrected chi connectivity index (χ3v) is 9.14. The Bertz CT molecular complexity index is 3130. The highest BCUT2D eigenvalue weighted by molar-refractivity contribution is 6.16. The molecule has 0 N–H and O–H groups in total. The normalized spacial score (nSPS) is 13.0. The van der Waals surface area contributed by atoms with Crippen LogP contribution in [0.3, 0.4) is 0 Å². The van der Waals surface area contributed by atoms with Gasteiger partial charge in [-0.1, -0.05) is 127 Å². The Morgan fingerprint density at radius 1 is 0.460 bits per heavy atom. The van der Waals surface area contributed by atoms with Crippen molar-refractivity contribution in [1.29, 1.82) is 0 Å². The van der Waals surface area contributed by atoms with Crippen molar-refractivity contribution >= 4 is 43.7 Å². The van der Waals surface area contributed by atoms with Crippen LogP contribution in [0.5, 0.6) is 0 Å². The molecule has 0 unspecified atom stereocenters. The molecule has 50 heavy (non-hydrogen) atoms. The van der Waals surface area contributed by atoms with Crippen molar-refractivity contribution in [3.63, 3.8) is 0 Å². The van der Waals surface area contributed by atoms with Gasteiger partial charge in [-0.2, -0.15) is 0 Å². The molecule has 3 heterocycles. The van der Waals surface area contributed by atoms with Gasteiger partial charge in [0.25, 0.3) is 0 Å². The maximum Gasteiger partial charge on any atom is 0.164 e. The molecular weight excluding hydrogens is 613 g/mol. The first kappa shape index (κ1) is 23.5. The fraction of sp³-hybridized carbons (Fsp3) is 0. The number of aromatic nitrogens is 4. The maximum atomic E-state index is 8.61. The number of para-hydroxylation sites is 1. The van der Waals surface area contributed by atoms with Gasteiger partial charge in [-0.25, -0.2) is 15.0 Å². The highest BCUT2D eigenvalue weighted by Crippen LogP contribution is 2.40. The predicted octanol–water partition coefficient (Wildman–Crippen LogP) is 11.5. The van der Waals surface area contributed by atoms with Crippen LogP contribution in [-0.2, 0) is 0 Å². The van der Waals surface area contributed by atoms with Crippen LogP contribution in [0.4, 0.5) is 0 Å². The fourth-order valence-electron chi connectivity index (χ4n) is 6.89. The largest absolute Gasteiger partial charge is 0.456 e. The summed E-state index contributed by atoms with van der Waals surface area (Å²) in [5.41, 5.74) is 8.14. The molecule has 0 atom stereocenters. The summed E-state index contributed by atoms with van der Waals surface area (Å²) in [5.74, 6) is 0.568. The Hall–Kier alpha value is -6.85. The van der Waals surface area contributed by atoms with Crippen molar-refractivity contribution in [3.8, 4) is 51.0 Å². The van der Waals surface area contributed by atoms with E-state index in [0.717, 1.165) is 38.6 Å². The Morgan fingerprint density at radius 2 is 1.14 bits per heavy atom. The SMILES string of the molecule is [2H]c1c([2H])c([2H])c(-c2nc(-c3ccccc3)nc(-c3ccc4c(c3)oc3ccc(-n5c6ccccc6c6c(-c7ccccc7)cccc65)cc34)n2)c([2H])c1[2H]. The summed E-state index contributed by atoms with van der Waals surface area (Å²) in [7, 11) is 0. The molecule has 0 saturated carbocycles. The van der Waals surface area contributed by atoms with E-state index in [1.807, 2.05) is 60.7 Å². The number of benzene rings is 7. The van der Waals surface area contributed by atoms with E-state index in [1.54, 1.807) is 0 Å². The summed E-state index contributed by atoms with van der Waals surface area (Å²) in [6, 6.07) is 44.6. The Labute approximate surface area is 294 Å². The number of rotatable bonds is 5. The third-order valence-electron chi connectivity index (χ3n) is 9.14. The highest BCUT2D eigenvalue weighted by atomic mass is 16.3. The Balaban J connectivity index is 1.13. The summed E-state index contributed by atoms with van der Waals surface area (Å²) in [5, 5.41) is 4.23. The lowest BCUT2D eigenvalue weighted by atomic mass is 9.99. The third kappa shape index (κ3) is 4.60. The van der Waals surface area contributed by atoms with Gasteiger partial charge in [0.1, 0.15) is 11.2 Å². The summed E-state index contributed by atoms with van der Waals surface area (Å²) < 4.78 is 50.6. The lowest BCUT2D eigenvalue weighted by Gasteiger charge is -2.09.